The number of nitrogens with two attached hydrogens (primary N) is 1. The molecule has 0 aliphatic carbocycles. The molecule has 0 radical (unpaired) electrons. The van der Waals surface area contributed by atoms with Crippen molar-refractivity contribution in [2.45, 2.75) is 12.8 Å². The van der Waals surface area contributed by atoms with Crippen LogP contribution in [-0.4, -0.2) is 13.1 Å². The molecule has 2 N–H and O–H groups in total. The Morgan fingerprint density at radius 2 is 1.80 bits per heavy atom. The predicted octanol–water partition coefficient (Wildman–Crippen LogP) is 3.16. The minimum absolute atomic E-state index is 0.0377. The van der Waals surface area contributed by atoms with Crippen LogP contribution >= 0.6 is 0 Å². The van der Waals surface area contributed by atoms with E-state index in [-0.39, 0.29) is 5.69 Å². The topological polar surface area (TPSA) is 29.3 Å². The maximum atomic E-state index is 14.3. The SMILES string of the molecule is NCCc1cc(F)c(N2CCc3ccccc32)c(F)c1. The predicted molar refractivity (Wildman–Crippen MR) is 76.3 cm³/mol. The molecule has 0 saturated carbocycles. The first-order valence-electron chi connectivity index (χ1n) is 6.74. The van der Waals surface area contributed by atoms with Crippen molar-refractivity contribution >= 4 is 11.4 Å². The average Bonchev–Trinajstić information content (AvgIpc) is 2.83. The molecule has 2 nitrogen and oxygen atoms in total. The molecule has 3 rings (SSSR count). The summed E-state index contributed by atoms with van der Waals surface area (Å²) in [6.07, 6.45) is 1.28. The minimum Gasteiger partial charge on any atom is -0.336 e. The summed E-state index contributed by atoms with van der Waals surface area (Å²) >= 11 is 0. The van der Waals surface area contributed by atoms with Crippen molar-refractivity contribution < 1.29 is 8.78 Å². The first-order valence-corrected chi connectivity index (χ1v) is 6.74. The lowest BCUT2D eigenvalue weighted by Crippen LogP contribution is -2.17. The molecule has 0 amide bonds. The van der Waals surface area contributed by atoms with Crippen LogP contribution in [0, 0.1) is 11.6 Å². The van der Waals surface area contributed by atoms with Crippen molar-refractivity contribution in [1.82, 2.24) is 0 Å². The molecule has 1 heterocycles. The Morgan fingerprint density at radius 1 is 1.10 bits per heavy atom. The summed E-state index contributed by atoms with van der Waals surface area (Å²) in [5.74, 6) is -1.05. The van der Waals surface area contributed by atoms with E-state index in [0.717, 1.165) is 17.7 Å². The lowest BCUT2D eigenvalue weighted by atomic mass is 10.1. The number of halogens is 2. The second-order valence-electron chi connectivity index (χ2n) is 4.98. The van der Waals surface area contributed by atoms with Crippen molar-refractivity contribution in [3.63, 3.8) is 0 Å². The van der Waals surface area contributed by atoms with Crippen LogP contribution in [0.4, 0.5) is 20.2 Å². The zero-order valence-corrected chi connectivity index (χ0v) is 11.1. The molecule has 1 aliphatic rings. The molecule has 0 bridgehead atoms. The van der Waals surface area contributed by atoms with Gasteiger partial charge in [-0.05, 0) is 48.7 Å². The Morgan fingerprint density at radius 3 is 2.50 bits per heavy atom. The van der Waals surface area contributed by atoms with Crippen LogP contribution in [-0.2, 0) is 12.8 Å². The molecule has 0 unspecified atom stereocenters. The summed E-state index contributed by atoms with van der Waals surface area (Å²) in [5, 5.41) is 0. The third kappa shape index (κ3) is 2.16. The fraction of sp³-hybridized carbons (Fsp3) is 0.250. The van der Waals surface area contributed by atoms with Crippen LogP contribution in [0.25, 0.3) is 0 Å². The number of para-hydroxylation sites is 1. The van der Waals surface area contributed by atoms with Crippen LogP contribution in [0.3, 0.4) is 0 Å². The molecule has 20 heavy (non-hydrogen) atoms. The van der Waals surface area contributed by atoms with Gasteiger partial charge < -0.3 is 10.6 Å². The smallest absolute Gasteiger partial charge is 0.150 e. The molecule has 0 fully saturated rings. The lowest BCUT2D eigenvalue weighted by molar-refractivity contribution is 0.578. The number of rotatable bonds is 3. The average molecular weight is 274 g/mol. The van der Waals surface area contributed by atoms with E-state index in [1.54, 1.807) is 4.90 Å². The Labute approximate surface area is 116 Å². The number of hydrogen-bond donors (Lipinski definition) is 1. The van der Waals surface area contributed by atoms with Crippen LogP contribution in [0.2, 0.25) is 0 Å². The van der Waals surface area contributed by atoms with Gasteiger partial charge in [0.1, 0.15) is 17.3 Å². The monoisotopic (exact) mass is 274 g/mol. The second-order valence-corrected chi connectivity index (χ2v) is 4.98. The van der Waals surface area contributed by atoms with Gasteiger partial charge in [0.2, 0.25) is 0 Å². The van der Waals surface area contributed by atoms with E-state index in [2.05, 4.69) is 0 Å². The van der Waals surface area contributed by atoms with Gasteiger partial charge in [-0.15, -0.1) is 0 Å². The highest BCUT2D eigenvalue weighted by molar-refractivity contribution is 5.70. The summed E-state index contributed by atoms with van der Waals surface area (Å²) in [5.41, 5.74) is 8.07. The lowest BCUT2D eigenvalue weighted by Gasteiger charge is -2.21. The van der Waals surface area contributed by atoms with Gasteiger partial charge in [-0.2, -0.15) is 0 Å². The van der Waals surface area contributed by atoms with Crippen LogP contribution in [0.1, 0.15) is 11.1 Å². The summed E-state index contributed by atoms with van der Waals surface area (Å²) < 4.78 is 28.5. The molecule has 104 valence electrons. The van der Waals surface area contributed by atoms with Gasteiger partial charge in [0.15, 0.2) is 0 Å². The molecular formula is C16H16F2N2. The third-order valence-electron chi connectivity index (χ3n) is 3.67. The fourth-order valence-electron chi connectivity index (χ4n) is 2.76. The van der Waals surface area contributed by atoms with E-state index < -0.39 is 11.6 Å². The number of benzene rings is 2. The summed E-state index contributed by atoms with van der Waals surface area (Å²) in [6, 6.07) is 10.5. The summed E-state index contributed by atoms with van der Waals surface area (Å²) in [7, 11) is 0. The molecule has 1 aliphatic heterocycles. The molecule has 2 aromatic rings. The van der Waals surface area contributed by atoms with Crippen molar-refractivity contribution in [2.24, 2.45) is 5.73 Å². The van der Waals surface area contributed by atoms with Gasteiger partial charge in [0.25, 0.3) is 0 Å². The highest BCUT2D eigenvalue weighted by Crippen LogP contribution is 2.37. The van der Waals surface area contributed by atoms with Gasteiger partial charge in [0, 0.05) is 12.2 Å². The normalized spacial score (nSPS) is 13.7. The largest absolute Gasteiger partial charge is 0.336 e. The molecule has 4 heteroatoms. The van der Waals surface area contributed by atoms with E-state index in [9.17, 15) is 8.78 Å². The third-order valence-corrected chi connectivity index (χ3v) is 3.67. The first-order chi connectivity index (χ1) is 9.70. The van der Waals surface area contributed by atoms with E-state index in [4.69, 9.17) is 5.73 Å². The number of nitrogens with zero attached hydrogens (tertiary/aromatic N) is 1. The van der Waals surface area contributed by atoms with Crippen molar-refractivity contribution in [1.29, 1.82) is 0 Å². The van der Waals surface area contributed by atoms with Gasteiger partial charge in [-0.3, -0.25) is 0 Å². The highest BCUT2D eigenvalue weighted by Gasteiger charge is 2.25. The molecule has 0 aromatic heterocycles. The molecule has 2 aromatic carbocycles. The molecule has 0 atom stereocenters. The van der Waals surface area contributed by atoms with E-state index >= 15 is 0 Å². The van der Waals surface area contributed by atoms with Crippen LogP contribution in [0.5, 0.6) is 0 Å². The van der Waals surface area contributed by atoms with E-state index in [1.807, 2.05) is 24.3 Å². The van der Waals surface area contributed by atoms with Crippen molar-refractivity contribution in [3.05, 3.63) is 59.2 Å². The maximum Gasteiger partial charge on any atom is 0.150 e. The van der Waals surface area contributed by atoms with Crippen LogP contribution in [0.15, 0.2) is 36.4 Å². The van der Waals surface area contributed by atoms with Gasteiger partial charge in [-0.25, -0.2) is 8.78 Å². The zero-order valence-electron chi connectivity index (χ0n) is 11.1. The maximum absolute atomic E-state index is 14.3. The van der Waals surface area contributed by atoms with Crippen molar-refractivity contribution in [2.75, 3.05) is 18.0 Å². The first kappa shape index (κ1) is 13.1. The Balaban J connectivity index is 2.04. The highest BCUT2D eigenvalue weighted by atomic mass is 19.1. The number of fused-ring (bicyclic) bond motifs is 1. The fourth-order valence-corrected chi connectivity index (χ4v) is 2.76. The second kappa shape index (κ2) is 5.21. The molecule has 0 saturated heterocycles. The van der Waals surface area contributed by atoms with E-state index in [1.165, 1.54) is 12.1 Å². The van der Waals surface area contributed by atoms with Crippen LogP contribution < -0.4 is 10.6 Å². The standard InChI is InChI=1S/C16H16F2N2/c17-13-9-11(5-7-19)10-14(18)16(13)20-8-6-12-3-1-2-4-15(12)20/h1-4,9-10H,5-8,19H2. The summed E-state index contributed by atoms with van der Waals surface area (Å²) in [6.45, 7) is 0.980. The Hall–Kier alpha value is -1.94. The number of hydrogen-bond acceptors (Lipinski definition) is 2. The zero-order chi connectivity index (χ0) is 14.1. The Bertz CT molecular complexity index is 617. The molecule has 0 spiro atoms. The molecular weight excluding hydrogens is 258 g/mol. The quantitative estimate of drug-likeness (QED) is 0.931. The Kier molecular flexibility index (Phi) is 3.40. The number of anilines is 2. The van der Waals surface area contributed by atoms with E-state index in [0.29, 0.717) is 25.1 Å². The van der Waals surface area contributed by atoms with Gasteiger partial charge >= 0.3 is 0 Å². The van der Waals surface area contributed by atoms with Gasteiger partial charge in [0.05, 0.1) is 0 Å². The minimum atomic E-state index is -0.523. The summed E-state index contributed by atoms with van der Waals surface area (Å²) in [4.78, 5) is 1.71. The van der Waals surface area contributed by atoms with Crippen molar-refractivity contribution in [3.8, 4) is 0 Å². The van der Waals surface area contributed by atoms with Gasteiger partial charge in [-0.1, -0.05) is 18.2 Å².